The van der Waals surface area contributed by atoms with Crippen LogP contribution in [0.5, 0.6) is 0 Å². The van der Waals surface area contributed by atoms with Crippen molar-refractivity contribution >= 4 is 10.0 Å². The summed E-state index contributed by atoms with van der Waals surface area (Å²) in [4.78, 5) is 0. The normalized spacial score (nSPS) is 20.0. The van der Waals surface area contributed by atoms with Crippen molar-refractivity contribution in [2.75, 3.05) is 18.8 Å². The third-order valence-electron chi connectivity index (χ3n) is 3.35. The lowest BCUT2D eigenvalue weighted by Crippen LogP contribution is -2.37. The Morgan fingerprint density at radius 1 is 1.35 bits per heavy atom. The Kier molecular flexibility index (Phi) is 5.06. The molecule has 0 aliphatic carbocycles. The Hall–Kier alpha value is -1.05. The molecule has 2 N–H and O–H groups in total. The first-order chi connectivity index (χ1) is 9.46. The molecule has 1 saturated heterocycles. The molecular formula is C13H18F2N2O2S. The minimum absolute atomic E-state index is 0.0306. The molecule has 1 aliphatic heterocycles. The van der Waals surface area contributed by atoms with Gasteiger partial charge in [0.1, 0.15) is 11.6 Å². The molecule has 0 amide bonds. The predicted octanol–water partition coefficient (Wildman–Crippen LogP) is 1.38. The zero-order chi connectivity index (χ0) is 14.6. The second kappa shape index (κ2) is 6.60. The summed E-state index contributed by atoms with van der Waals surface area (Å²) in [6.07, 6.45) is 1.84. The second-order valence-corrected chi connectivity index (χ2v) is 6.90. The molecule has 4 nitrogen and oxygen atoms in total. The van der Waals surface area contributed by atoms with Crippen molar-refractivity contribution in [2.24, 2.45) is 5.92 Å². The SMILES string of the molecule is O=S(=O)(CC1CCCNC1)NCc1ccc(F)cc1F. The van der Waals surface area contributed by atoms with Crippen molar-refractivity contribution in [3.8, 4) is 0 Å². The molecule has 1 heterocycles. The summed E-state index contributed by atoms with van der Waals surface area (Å²) in [6, 6.07) is 3.10. The van der Waals surface area contributed by atoms with Gasteiger partial charge in [-0.25, -0.2) is 21.9 Å². The molecule has 0 aromatic heterocycles. The molecule has 0 radical (unpaired) electrons. The van der Waals surface area contributed by atoms with E-state index in [1.807, 2.05) is 0 Å². The molecule has 20 heavy (non-hydrogen) atoms. The standard InChI is InChI=1S/C13H18F2N2O2S/c14-12-4-3-11(13(15)6-12)8-17-20(18,19)9-10-2-1-5-16-7-10/h3-4,6,10,16-17H,1-2,5,7-9H2. The molecule has 1 aromatic carbocycles. The topological polar surface area (TPSA) is 58.2 Å². The van der Waals surface area contributed by atoms with Gasteiger partial charge in [-0.15, -0.1) is 0 Å². The summed E-state index contributed by atoms with van der Waals surface area (Å²) >= 11 is 0. The quantitative estimate of drug-likeness (QED) is 0.864. The Bertz CT molecular complexity index is 557. The van der Waals surface area contributed by atoms with E-state index in [4.69, 9.17) is 0 Å². The lowest BCUT2D eigenvalue weighted by atomic mass is 10.0. The lowest BCUT2D eigenvalue weighted by molar-refractivity contribution is 0.402. The number of benzene rings is 1. The first kappa shape index (κ1) is 15.3. The fourth-order valence-electron chi connectivity index (χ4n) is 2.29. The monoisotopic (exact) mass is 304 g/mol. The van der Waals surface area contributed by atoms with Crippen molar-refractivity contribution in [1.82, 2.24) is 10.0 Å². The predicted molar refractivity (Wildman–Crippen MR) is 72.6 cm³/mol. The highest BCUT2D eigenvalue weighted by Crippen LogP contribution is 2.13. The van der Waals surface area contributed by atoms with Crippen LogP contribution in [-0.2, 0) is 16.6 Å². The molecule has 112 valence electrons. The van der Waals surface area contributed by atoms with Crippen molar-refractivity contribution < 1.29 is 17.2 Å². The van der Waals surface area contributed by atoms with Gasteiger partial charge in [0.05, 0.1) is 5.75 Å². The average Bonchev–Trinajstić information content (AvgIpc) is 2.38. The summed E-state index contributed by atoms with van der Waals surface area (Å²) in [5.74, 6) is -1.31. The third kappa shape index (κ3) is 4.50. The van der Waals surface area contributed by atoms with Crippen LogP contribution in [0.15, 0.2) is 18.2 Å². The highest BCUT2D eigenvalue weighted by Gasteiger charge is 2.21. The largest absolute Gasteiger partial charge is 0.316 e. The Morgan fingerprint density at radius 2 is 2.15 bits per heavy atom. The van der Waals surface area contributed by atoms with Gasteiger partial charge in [-0.1, -0.05) is 6.07 Å². The maximum absolute atomic E-state index is 13.4. The Labute approximate surface area is 117 Å². The van der Waals surface area contributed by atoms with E-state index in [1.54, 1.807) is 0 Å². The van der Waals surface area contributed by atoms with E-state index in [9.17, 15) is 17.2 Å². The fourth-order valence-corrected chi connectivity index (χ4v) is 3.69. The van der Waals surface area contributed by atoms with Crippen LogP contribution >= 0.6 is 0 Å². The van der Waals surface area contributed by atoms with Crippen molar-refractivity contribution in [3.05, 3.63) is 35.4 Å². The van der Waals surface area contributed by atoms with E-state index in [0.29, 0.717) is 6.54 Å². The van der Waals surface area contributed by atoms with E-state index in [-0.39, 0.29) is 23.8 Å². The first-order valence-electron chi connectivity index (χ1n) is 6.58. The van der Waals surface area contributed by atoms with Crippen LogP contribution in [0.1, 0.15) is 18.4 Å². The summed E-state index contributed by atoms with van der Waals surface area (Å²) in [5.41, 5.74) is 0.136. The van der Waals surface area contributed by atoms with Gasteiger partial charge in [0.2, 0.25) is 10.0 Å². The van der Waals surface area contributed by atoms with Crippen LogP contribution in [0.4, 0.5) is 8.78 Å². The van der Waals surface area contributed by atoms with E-state index in [1.165, 1.54) is 6.07 Å². The van der Waals surface area contributed by atoms with Crippen LogP contribution < -0.4 is 10.0 Å². The molecule has 1 aromatic rings. The van der Waals surface area contributed by atoms with Gasteiger partial charge in [0.15, 0.2) is 0 Å². The lowest BCUT2D eigenvalue weighted by Gasteiger charge is -2.22. The van der Waals surface area contributed by atoms with Gasteiger partial charge in [-0.3, -0.25) is 0 Å². The second-order valence-electron chi connectivity index (χ2n) is 5.05. The molecule has 1 fully saturated rings. The number of hydrogen-bond donors (Lipinski definition) is 2. The number of rotatable bonds is 5. The zero-order valence-corrected chi connectivity index (χ0v) is 11.8. The number of sulfonamides is 1. The highest BCUT2D eigenvalue weighted by atomic mass is 32.2. The number of halogens is 2. The summed E-state index contributed by atoms with van der Waals surface area (Å²) in [7, 11) is -3.46. The maximum atomic E-state index is 13.4. The van der Waals surface area contributed by atoms with E-state index in [0.717, 1.165) is 31.5 Å². The molecule has 7 heteroatoms. The molecule has 1 aliphatic rings. The maximum Gasteiger partial charge on any atom is 0.212 e. The number of hydrogen-bond acceptors (Lipinski definition) is 3. The Balaban J connectivity index is 1.91. The van der Waals surface area contributed by atoms with Crippen LogP contribution in [0.25, 0.3) is 0 Å². The summed E-state index contributed by atoms with van der Waals surface area (Å²) < 4.78 is 52.3. The van der Waals surface area contributed by atoms with Crippen molar-refractivity contribution in [1.29, 1.82) is 0 Å². The summed E-state index contributed by atoms with van der Waals surface area (Å²) in [6.45, 7) is 1.45. The molecule has 1 unspecified atom stereocenters. The van der Waals surface area contributed by atoms with Crippen LogP contribution in [-0.4, -0.2) is 27.3 Å². The van der Waals surface area contributed by atoms with Gasteiger partial charge in [0.25, 0.3) is 0 Å². The number of piperidine rings is 1. The Morgan fingerprint density at radius 3 is 2.80 bits per heavy atom. The molecule has 0 spiro atoms. The fraction of sp³-hybridized carbons (Fsp3) is 0.538. The van der Waals surface area contributed by atoms with Crippen LogP contribution in [0.3, 0.4) is 0 Å². The van der Waals surface area contributed by atoms with Crippen LogP contribution in [0, 0.1) is 17.6 Å². The van der Waals surface area contributed by atoms with Gasteiger partial charge in [-0.2, -0.15) is 0 Å². The van der Waals surface area contributed by atoms with E-state index in [2.05, 4.69) is 10.0 Å². The van der Waals surface area contributed by atoms with Gasteiger partial charge in [0, 0.05) is 18.2 Å². The van der Waals surface area contributed by atoms with Gasteiger partial charge >= 0.3 is 0 Å². The molecule has 0 saturated carbocycles. The van der Waals surface area contributed by atoms with Gasteiger partial charge in [-0.05, 0) is 37.9 Å². The molecule has 0 bridgehead atoms. The smallest absolute Gasteiger partial charge is 0.212 e. The molecule has 2 rings (SSSR count). The van der Waals surface area contributed by atoms with Gasteiger partial charge < -0.3 is 5.32 Å². The minimum Gasteiger partial charge on any atom is -0.316 e. The minimum atomic E-state index is -3.46. The zero-order valence-electron chi connectivity index (χ0n) is 11.0. The third-order valence-corrected chi connectivity index (χ3v) is 4.85. The average molecular weight is 304 g/mol. The van der Waals surface area contributed by atoms with E-state index >= 15 is 0 Å². The van der Waals surface area contributed by atoms with Crippen molar-refractivity contribution in [3.63, 3.8) is 0 Å². The van der Waals surface area contributed by atoms with E-state index < -0.39 is 21.7 Å². The molecular weight excluding hydrogens is 286 g/mol. The molecule has 1 atom stereocenters. The van der Waals surface area contributed by atoms with Crippen molar-refractivity contribution in [2.45, 2.75) is 19.4 Å². The van der Waals surface area contributed by atoms with Crippen LogP contribution in [0.2, 0.25) is 0 Å². The summed E-state index contributed by atoms with van der Waals surface area (Å²) in [5, 5.41) is 3.15. The number of nitrogens with one attached hydrogen (secondary N) is 2. The first-order valence-corrected chi connectivity index (χ1v) is 8.23. The highest BCUT2D eigenvalue weighted by molar-refractivity contribution is 7.89.